The number of aromatic nitrogens is 1. The Kier molecular flexibility index (Phi) is 4.15. The Balaban J connectivity index is 1.83. The summed E-state index contributed by atoms with van der Waals surface area (Å²) in [7, 11) is 1.31. The van der Waals surface area contributed by atoms with Crippen LogP contribution >= 0.6 is 0 Å². The average Bonchev–Trinajstić information content (AvgIpc) is 3.24. The molecule has 0 aliphatic rings. The second kappa shape index (κ2) is 6.41. The molecule has 1 aromatic carbocycles. The van der Waals surface area contributed by atoms with Crippen molar-refractivity contribution in [1.82, 2.24) is 5.16 Å². The number of carbonyl (C=O) groups excluding carboxylic acids is 2. The Morgan fingerprint density at radius 1 is 1.17 bits per heavy atom. The fraction of sp³-hybridized carbons (Fsp3) is 0.118. The third kappa shape index (κ3) is 2.91. The monoisotopic (exact) mass is 326 g/mol. The first-order valence-electron chi connectivity index (χ1n) is 7.10. The Labute approximate surface area is 137 Å². The number of methoxy groups -OCH3 is 1. The predicted octanol–water partition coefficient (Wildman–Crippen LogP) is 3.28. The molecule has 0 fully saturated rings. The number of hydrogen-bond donors (Lipinski definition) is 1. The molecule has 122 valence electrons. The lowest BCUT2D eigenvalue weighted by molar-refractivity contribution is 0.0600. The van der Waals surface area contributed by atoms with Crippen LogP contribution < -0.4 is 5.32 Å². The van der Waals surface area contributed by atoms with Gasteiger partial charge in [0.25, 0.3) is 5.91 Å². The maximum atomic E-state index is 12.5. The summed E-state index contributed by atoms with van der Waals surface area (Å²) < 4.78 is 15.0. The van der Waals surface area contributed by atoms with Gasteiger partial charge in [0.2, 0.25) is 0 Å². The van der Waals surface area contributed by atoms with Crippen molar-refractivity contribution < 1.29 is 23.3 Å². The fourth-order valence-corrected chi connectivity index (χ4v) is 2.22. The van der Waals surface area contributed by atoms with Crippen LogP contribution in [0.2, 0.25) is 0 Å². The summed E-state index contributed by atoms with van der Waals surface area (Å²) in [6.45, 7) is 1.65. The maximum Gasteiger partial charge on any atom is 0.337 e. The first-order chi connectivity index (χ1) is 11.6. The van der Waals surface area contributed by atoms with Crippen LogP contribution in [-0.2, 0) is 4.74 Å². The van der Waals surface area contributed by atoms with Gasteiger partial charge in [-0.1, -0.05) is 5.16 Å². The average molecular weight is 326 g/mol. The zero-order chi connectivity index (χ0) is 17.1. The summed E-state index contributed by atoms with van der Waals surface area (Å²) in [5, 5.41) is 6.62. The Bertz CT molecular complexity index is 863. The Hall–Kier alpha value is -3.35. The van der Waals surface area contributed by atoms with E-state index in [2.05, 4.69) is 15.2 Å². The van der Waals surface area contributed by atoms with Gasteiger partial charge in [0.05, 0.1) is 18.9 Å². The van der Waals surface area contributed by atoms with E-state index >= 15 is 0 Å². The number of benzene rings is 1. The van der Waals surface area contributed by atoms with E-state index in [0.717, 1.165) is 0 Å². The third-order valence-electron chi connectivity index (χ3n) is 3.41. The van der Waals surface area contributed by atoms with Crippen LogP contribution in [0.3, 0.4) is 0 Å². The fourth-order valence-electron chi connectivity index (χ4n) is 2.22. The molecule has 0 atom stereocenters. The number of nitrogens with one attached hydrogen (secondary N) is 1. The first-order valence-corrected chi connectivity index (χ1v) is 7.10. The van der Waals surface area contributed by atoms with Gasteiger partial charge in [-0.3, -0.25) is 4.79 Å². The van der Waals surface area contributed by atoms with Crippen molar-refractivity contribution in [3.05, 3.63) is 59.5 Å². The van der Waals surface area contributed by atoms with E-state index in [-0.39, 0.29) is 5.91 Å². The number of furan rings is 1. The second-order valence-electron chi connectivity index (χ2n) is 4.96. The molecule has 3 rings (SSSR count). The highest BCUT2D eigenvalue weighted by atomic mass is 16.5. The van der Waals surface area contributed by atoms with Gasteiger partial charge in [-0.2, -0.15) is 0 Å². The largest absolute Gasteiger partial charge is 0.465 e. The number of anilines is 1. The number of carbonyl (C=O) groups is 2. The highest BCUT2D eigenvalue weighted by Crippen LogP contribution is 2.26. The number of ether oxygens (including phenoxy) is 1. The molecule has 1 N–H and O–H groups in total. The molecule has 1 amide bonds. The van der Waals surface area contributed by atoms with Crippen molar-refractivity contribution in [3.63, 3.8) is 0 Å². The Morgan fingerprint density at radius 3 is 2.54 bits per heavy atom. The van der Waals surface area contributed by atoms with E-state index in [4.69, 9.17) is 8.94 Å². The number of hydrogen-bond acceptors (Lipinski definition) is 6. The van der Waals surface area contributed by atoms with Crippen LogP contribution in [0.25, 0.3) is 11.5 Å². The van der Waals surface area contributed by atoms with E-state index < -0.39 is 5.97 Å². The van der Waals surface area contributed by atoms with Gasteiger partial charge >= 0.3 is 5.97 Å². The number of esters is 1. The van der Waals surface area contributed by atoms with Crippen molar-refractivity contribution in [1.29, 1.82) is 0 Å². The molecule has 0 radical (unpaired) electrons. The van der Waals surface area contributed by atoms with Crippen molar-refractivity contribution in [3.8, 4) is 11.5 Å². The highest BCUT2D eigenvalue weighted by molar-refractivity contribution is 6.08. The van der Waals surface area contributed by atoms with Gasteiger partial charge in [-0.05, 0) is 43.3 Å². The van der Waals surface area contributed by atoms with Crippen molar-refractivity contribution in [2.75, 3.05) is 12.4 Å². The van der Waals surface area contributed by atoms with Crippen LogP contribution in [0.15, 0.2) is 51.6 Å². The molecule has 0 aliphatic carbocycles. The van der Waals surface area contributed by atoms with E-state index in [1.54, 1.807) is 43.3 Å². The SMILES string of the molecule is COC(=O)c1ccc(NC(=O)c2c(-c3ccco3)noc2C)cc1. The maximum absolute atomic E-state index is 12.5. The van der Waals surface area contributed by atoms with E-state index in [0.29, 0.717) is 34.0 Å². The third-order valence-corrected chi connectivity index (χ3v) is 3.41. The molecule has 0 bridgehead atoms. The van der Waals surface area contributed by atoms with Gasteiger partial charge < -0.3 is 19.0 Å². The van der Waals surface area contributed by atoms with Crippen LogP contribution in [0.1, 0.15) is 26.5 Å². The molecule has 24 heavy (non-hydrogen) atoms. The van der Waals surface area contributed by atoms with E-state index in [9.17, 15) is 9.59 Å². The minimum absolute atomic E-state index is 0.294. The minimum Gasteiger partial charge on any atom is -0.465 e. The number of aryl methyl sites for hydroxylation is 1. The molecular formula is C17H14N2O5. The summed E-state index contributed by atoms with van der Waals surface area (Å²) in [5.74, 6) is -0.00282. The lowest BCUT2D eigenvalue weighted by Gasteiger charge is -2.06. The molecule has 7 heteroatoms. The van der Waals surface area contributed by atoms with Crippen LogP contribution in [0, 0.1) is 6.92 Å². The van der Waals surface area contributed by atoms with Crippen molar-refractivity contribution >= 4 is 17.6 Å². The lowest BCUT2D eigenvalue weighted by Crippen LogP contribution is -2.13. The van der Waals surface area contributed by atoms with Crippen LogP contribution in [0.5, 0.6) is 0 Å². The topological polar surface area (TPSA) is 94.6 Å². The standard InChI is InChI=1S/C17H14N2O5/c1-10-14(15(19-24-10)13-4-3-9-23-13)16(20)18-12-7-5-11(6-8-12)17(21)22-2/h3-9H,1-2H3,(H,18,20). The molecule has 7 nitrogen and oxygen atoms in total. The lowest BCUT2D eigenvalue weighted by atomic mass is 10.1. The van der Waals surface area contributed by atoms with Gasteiger partial charge in [-0.25, -0.2) is 4.79 Å². The molecule has 0 saturated heterocycles. The van der Waals surface area contributed by atoms with Gasteiger partial charge in [0.15, 0.2) is 11.5 Å². The van der Waals surface area contributed by atoms with E-state index in [1.807, 2.05) is 0 Å². The molecule has 2 aromatic heterocycles. The number of rotatable bonds is 4. The van der Waals surface area contributed by atoms with E-state index in [1.165, 1.54) is 13.4 Å². The van der Waals surface area contributed by atoms with Crippen LogP contribution in [-0.4, -0.2) is 24.1 Å². The smallest absolute Gasteiger partial charge is 0.337 e. The first kappa shape index (κ1) is 15.5. The van der Waals surface area contributed by atoms with Gasteiger partial charge in [-0.15, -0.1) is 0 Å². The minimum atomic E-state index is -0.442. The Morgan fingerprint density at radius 2 is 1.92 bits per heavy atom. The highest BCUT2D eigenvalue weighted by Gasteiger charge is 2.23. The second-order valence-corrected chi connectivity index (χ2v) is 4.96. The summed E-state index contributed by atoms with van der Waals surface area (Å²) in [5.41, 5.74) is 1.55. The summed E-state index contributed by atoms with van der Waals surface area (Å²) >= 11 is 0. The van der Waals surface area contributed by atoms with Crippen molar-refractivity contribution in [2.45, 2.75) is 6.92 Å². The van der Waals surface area contributed by atoms with Gasteiger partial charge in [0, 0.05) is 5.69 Å². The summed E-state index contributed by atoms with van der Waals surface area (Å²) in [6, 6.07) is 9.75. The zero-order valence-corrected chi connectivity index (χ0v) is 13.0. The molecule has 0 spiro atoms. The normalized spacial score (nSPS) is 10.4. The summed E-state index contributed by atoms with van der Waals surface area (Å²) in [4.78, 5) is 24.0. The summed E-state index contributed by atoms with van der Waals surface area (Å²) in [6.07, 6.45) is 1.49. The molecule has 0 aliphatic heterocycles. The molecule has 0 saturated carbocycles. The molecule has 3 aromatic rings. The van der Waals surface area contributed by atoms with Gasteiger partial charge in [0.1, 0.15) is 11.3 Å². The quantitative estimate of drug-likeness (QED) is 0.739. The molecule has 0 unspecified atom stereocenters. The molecule has 2 heterocycles. The van der Waals surface area contributed by atoms with Crippen LogP contribution in [0.4, 0.5) is 5.69 Å². The number of amides is 1. The van der Waals surface area contributed by atoms with Crippen molar-refractivity contribution in [2.24, 2.45) is 0 Å². The molecular weight excluding hydrogens is 312 g/mol. The number of nitrogens with zero attached hydrogens (tertiary/aromatic N) is 1. The predicted molar refractivity (Wildman–Crippen MR) is 84.7 cm³/mol. The zero-order valence-electron chi connectivity index (χ0n) is 13.0.